The summed E-state index contributed by atoms with van der Waals surface area (Å²) in [6, 6.07) is 57.9. The van der Waals surface area contributed by atoms with E-state index < -0.39 is 15.8 Å². The SMILES string of the molecule is c1ccc(P(c2ccccc2)c2ccc3cc2-c2cc(ccc2P(c2ccccc2)c2ccccc2)OCCCCCCCCCCO3)cc1. The summed E-state index contributed by atoms with van der Waals surface area (Å²) >= 11 is 0. The van der Waals surface area contributed by atoms with Crippen LogP contribution in [0.1, 0.15) is 51.4 Å². The van der Waals surface area contributed by atoms with Crippen molar-refractivity contribution in [1.82, 2.24) is 0 Å². The molecule has 0 N–H and O–H groups in total. The van der Waals surface area contributed by atoms with Crippen LogP contribution in [0.25, 0.3) is 11.1 Å². The van der Waals surface area contributed by atoms with Crippen molar-refractivity contribution in [3.63, 3.8) is 0 Å². The predicted octanol–water partition coefficient (Wildman–Crippen LogP) is 9.76. The van der Waals surface area contributed by atoms with Gasteiger partial charge in [0.05, 0.1) is 13.2 Å². The molecular formula is C46H46O2P2. The van der Waals surface area contributed by atoms with Crippen molar-refractivity contribution in [3.05, 3.63) is 158 Å². The Hall–Kier alpha value is -4.22. The maximum absolute atomic E-state index is 6.56. The van der Waals surface area contributed by atoms with Crippen LogP contribution in [0.2, 0.25) is 0 Å². The van der Waals surface area contributed by atoms with Gasteiger partial charge < -0.3 is 9.47 Å². The van der Waals surface area contributed by atoms with Crippen LogP contribution in [0.15, 0.2) is 158 Å². The highest BCUT2D eigenvalue weighted by atomic mass is 31.1. The molecule has 0 atom stereocenters. The van der Waals surface area contributed by atoms with E-state index in [0.717, 1.165) is 37.6 Å². The Bertz CT molecular complexity index is 1690. The van der Waals surface area contributed by atoms with Gasteiger partial charge in [-0.2, -0.15) is 0 Å². The number of benzene rings is 6. The third-order valence-electron chi connectivity index (χ3n) is 9.34. The van der Waals surface area contributed by atoms with Crippen LogP contribution in [0, 0.1) is 0 Å². The number of rotatable bonds is 6. The third kappa shape index (κ3) is 8.55. The van der Waals surface area contributed by atoms with Gasteiger partial charge >= 0.3 is 0 Å². The second-order valence-electron chi connectivity index (χ2n) is 12.9. The summed E-state index contributed by atoms with van der Waals surface area (Å²) in [5.74, 6) is 1.86. The van der Waals surface area contributed by atoms with Crippen LogP contribution in [0.4, 0.5) is 0 Å². The van der Waals surface area contributed by atoms with Gasteiger partial charge in [0.1, 0.15) is 11.5 Å². The van der Waals surface area contributed by atoms with Crippen LogP contribution in [0.5, 0.6) is 11.5 Å². The van der Waals surface area contributed by atoms with Crippen molar-refractivity contribution < 1.29 is 9.47 Å². The van der Waals surface area contributed by atoms with E-state index in [0.29, 0.717) is 0 Å². The lowest BCUT2D eigenvalue weighted by Gasteiger charge is -2.27. The molecule has 4 heteroatoms. The highest BCUT2D eigenvalue weighted by Gasteiger charge is 2.26. The van der Waals surface area contributed by atoms with Gasteiger partial charge in [0, 0.05) is 0 Å². The Morgan fingerprint density at radius 2 is 0.620 bits per heavy atom. The average molecular weight is 693 g/mol. The van der Waals surface area contributed by atoms with E-state index in [2.05, 4.69) is 158 Å². The zero-order valence-corrected chi connectivity index (χ0v) is 30.6. The largest absolute Gasteiger partial charge is 0.494 e. The molecule has 1 heterocycles. The van der Waals surface area contributed by atoms with Crippen molar-refractivity contribution in [2.24, 2.45) is 0 Å². The van der Waals surface area contributed by atoms with E-state index in [1.54, 1.807) is 0 Å². The minimum atomic E-state index is -0.869. The van der Waals surface area contributed by atoms with Gasteiger partial charge in [0.15, 0.2) is 0 Å². The zero-order chi connectivity index (χ0) is 33.8. The highest BCUT2D eigenvalue weighted by molar-refractivity contribution is 7.80. The molecule has 0 radical (unpaired) electrons. The molecule has 1 aliphatic rings. The Kier molecular flexibility index (Phi) is 12.1. The highest BCUT2D eigenvalue weighted by Crippen LogP contribution is 2.43. The van der Waals surface area contributed by atoms with E-state index in [-0.39, 0.29) is 0 Å². The van der Waals surface area contributed by atoms with E-state index in [1.807, 2.05) is 0 Å². The van der Waals surface area contributed by atoms with Gasteiger partial charge in [0.2, 0.25) is 0 Å². The fraction of sp³-hybridized carbons (Fsp3) is 0.217. The first kappa shape index (κ1) is 34.2. The van der Waals surface area contributed by atoms with Gasteiger partial charge in [-0.1, -0.05) is 160 Å². The lowest BCUT2D eigenvalue weighted by molar-refractivity contribution is 0.301. The molecule has 50 heavy (non-hydrogen) atoms. The molecule has 0 saturated carbocycles. The standard InChI is InChI=1S/C46H46O2P2/c1-2-4-6-20-34-48-38-30-32-46(50(41-25-15-9-16-26-41)42-27-17-10-18-28-42)44(36-38)43-35-37(47-33-19-5-3-1)29-31-45(43)49(39-21-11-7-12-22-39)40-23-13-8-14-24-40/h7-18,21-32,35-36H,1-6,19-20,33-34H2. The fourth-order valence-electron chi connectivity index (χ4n) is 6.84. The van der Waals surface area contributed by atoms with E-state index >= 15 is 0 Å². The summed E-state index contributed by atoms with van der Waals surface area (Å²) in [7, 11) is -1.74. The minimum absolute atomic E-state index is 0.738. The summed E-state index contributed by atoms with van der Waals surface area (Å²) in [5, 5.41) is 7.99. The summed E-state index contributed by atoms with van der Waals surface area (Å²) in [4.78, 5) is 0. The normalized spacial score (nSPS) is 14.3. The van der Waals surface area contributed by atoms with Crippen molar-refractivity contribution >= 4 is 47.7 Å². The number of hydrogen-bond donors (Lipinski definition) is 0. The van der Waals surface area contributed by atoms with Crippen LogP contribution < -0.4 is 41.3 Å². The molecule has 0 aromatic heterocycles. The molecule has 0 unspecified atom stereocenters. The molecule has 252 valence electrons. The van der Waals surface area contributed by atoms with E-state index in [4.69, 9.17) is 9.47 Å². The van der Waals surface area contributed by atoms with Gasteiger partial charge in [-0.3, -0.25) is 0 Å². The summed E-state index contributed by atoms with van der Waals surface area (Å²) in [5.41, 5.74) is 2.45. The molecule has 2 nitrogen and oxygen atoms in total. The molecular weight excluding hydrogens is 646 g/mol. The van der Waals surface area contributed by atoms with Crippen molar-refractivity contribution in [1.29, 1.82) is 0 Å². The molecule has 0 saturated heterocycles. The molecule has 0 fully saturated rings. The van der Waals surface area contributed by atoms with Crippen LogP contribution >= 0.6 is 15.8 Å². The number of hydrogen-bond acceptors (Lipinski definition) is 2. The van der Waals surface area contributed by atoms with Gasteiger partial charge in [0.25, 0.3) is 0 Å². The van der Waals surface area contributed by atoms with Crippen molar-refractivity contribution in [2.45, 2.75) is 51.4 Å². The maximum Gasteiger partial charge on any atom is 0.119 e. The van der Waals surface area contributed by atoms with Gasteiger partial charge in [-0.15, -0.1) is 0 Å². The smallest absolute Gasteiger partial charge is 0.119 e. The number of fused-ring (bicyclic) bond motifs is 5. The Labute approximate surface area is 301 Å². The summed E-state index contributed by atoms with van der Waals surface area (Å²) in [6.07, 6.45) is 9.76. The molecule has 6 aromatic rings. The first-order valence-corrected chi connectivity index (χ1v) is 20.9. The van der Waals surface area contributed by atoms with Crippen LogP contribution in [0.3, 0.4) is 0 Å². The van der Waals surface area contributed by atoms with Gasteiger partial charge in [-0.25, -0.2) is 0 Å². The topological polar surface area (TPSA) is 18.5 Å². The lowest BCUT2D eigenvalue weighted by Crippen LogP contribution is -2.26. The number of ether oxygens (including phenoxy) is 2. The summed E-state index contributed by atoms with van der Waals surface area (Å²) in [6.45, 7) is 1.48. The molecule has 0 aliphatic carbocycles. The molecule has 6 aromatic carbocycles. The molecule has 7 rings (SSSR count). The first-order chi connectivity index (χ1) is 24.8. The quantitative estimate of drug-likeness (QED) is 0.162. The Morgan fingerprint density at radius 3 is 0.940 bits per heavy atom. The molecule has 4 bridgehead atoms. The zero-order valence-electron chi connectivity index (χ0n) is 28.8. The summed E-state index contributed by atoms with van der Waals surface area (Å²) < 4.78 is 13.1. The monoisotopic (exact) mass is 692 g/mol. The Morgan fingerprint density at radius 1 is 0.320 bits per heavy atom. The second-order valence-corrected chi connectivity index (χ2v) is 17.3. The van der Waals surface area contributed by atoms with Gasteiger partial charge in [-0.05, 0) is 108 Å². The van der Waals surface area contributed by atoms with Crippen molar-refractivity contribution in [3.8, 4) is 22.6 Å². The fourth-order valence-corrected chi connectivity index (χ4v) is 11.7. The average Bonchev–Trinajstić information content (AvgIpc) is 3.18. The van der Waals surface area contributed by atoms with E-state index in [9.17, 15) is 0 Å². The molecule has 1 aliphatic heterocycles. The molecule has 0 amide bonds. The van der Waals surface area contributed by atoms with E-state index in [1.165, 1.54) is 81.5 Å². The first-order valence-electron chi connectivity index (χ1n) is 18.2. The second kappa shape index (κ2) is 17.6. The molecule has 0 spiro atoms. The lowest BCUT2D eigenvalue weighted by atomic mass is 10.0. The predicted molar refractivity (Wildman–Crippen MR) is 217 cm³/mol. The van der Waals surface area contributed by atoms with Crippen LogP contribution in [-0.2, 0) is 0 Å². The minimum Gasteiger partial charge on any atom is -0.494 e. The maximum atomic E-state index is 6.56. The van der Waals surface area contributed by atoms with Crippen LogP contribution in [-0.4, -0.2) is 13.2 Å². The van der Waals surface area contributed by atoms with Crippen molar-refractivity contribution in [2.75, 3.05) is 13.2 Å². The Balaban J connectivity index is 1.46. The third-order valence-corrected chi connectivity index (χ3v) is 14.3.